The number of nitrogens with one attached hydrogen (secondary N) is 3. The number of hydrogen-bond acceptors (Lipinski definition) is 9. The molecule has 6 heterocycles. The first kappa shape index (κ1) is 45.9. The molecule has 0 amide bonds. The number of benzene rings is 2. The van der Waals surface area contributed by atoms with E-state index in [0.717, 1.165) is 25.2 Å². The molecule has 13 nitrogen and oxygen atoms in total. The van der Waals surface area contributed by atoms with Gasteiger partial charge in [0.2, 0.25) is 11.8 Å². The van der Waals surface area contributed by atoms with Crippen LogP contribution >= 0.6 is 0 Å². The Labute approximate surface area is 370 Å². The topological polar surface area (TPSA) is 158 Å². The van der Waals surface area contributed by atoms with E-state index in [1.807, 2.05) is 0 Å². The second-order valence-corrected chi connectivity index (χ2v) is 18.1. The van der Waals surface area contributed by atoms with E-state index >= 15 is 0 Å². The van der Waals surface area contributed by atoms with E-state index in [0.29, 0.717) is 90.9 Å². The molecule has 2 aromatic carbocycles. The molecular formula is C46H52F6N10O3. The maximum Gasteiger partial charge on any atom is 0.276 e. The first-order valence-electron chi connectivity index (χ1n) is 22.2. The number of carbonyl (C=O) groups excluding carboxylic acids is 1. The van der Waals surface area contributed by atoms with Gasteiger partial charge in [-0.3, -0.25) is 19.3 Å². The summed E-state index contributed by atoms with van der Waals surface area (Å²) in [6.45, 7) is 8.14. The van der Waals surface area contributed by atoms with E-state index < -0.39 is 11.8 Å². The first-order chi connectivity index (χ1) is 31.1. The van der Waals surface area contributed by atoms with Crippen molar-refractivity contribution in [2.75, 3.05) is 26.2 Å². The number of halogens is 6. The number of aromatic amines is 2. The van der Waals surface area contributed by atoms with Crippen LogP contribution in [0.3, 0.4) is 0 Å². The Morgan fingerprint density at radius 2 is 1.14 bits per heavy atom. The number of alkyl halides is 4. The van der Waals surface area contributed by atoms with Gasteiger partial charge >= 0.3 is 0 Å². The van der Waals surface area contributed by atoms with Gasteiger partial charge in [-0.1, -0.05) is 26.0 Å². The zero-order valence-corrected chi connectivity index (χ0v) is 36.1. The summed E-state index contributed by atoms with van der Waals surface area (Å²) in [5.74, 6) is -2.70. The second-order valence-electron chi connectivity index (χ2n) is 18.1. The molecule has 10 rings (SSSR count). The molecule has 4 aromatic heterocycles. The van der Waals surface area contributed by atoms with Crippen LogP contribution in [0.15, 0.2) is 70.5 Å². The predicted octanol–water partition coefficient (Wildman–Crippen LogP) is 7.76. The van der Waals surface area contributed by atoms with Gasteiger partial charge in [0.05, 0.1) is 12.4 Å². The Hall–Kier alpha value is -5.69. The summed E-state index contributed by atoms with van der Waals surface area (Å²) in [7, 11) is 0. The quantitative estimate of drug-likeness (QED) is 0.108. The van der Waals surface area contributed by atoms with Crippen LogP contribution in [0.5, 0.6) is 0 Å². The molecule has 6 aromatic rings. The zero-order chi connectivity index (χ0) is 46.0. The molecule has 4 aliphatic rings. The van der Waals surface area contributed by atoms with Crippen molar-refractivity contribution >= 4 is 17.3 Å². The fourth-order valence-corrected chi connectivity index (χ4v) is 9.47. The average Bonchev–Trinajstić information content (AvgIpc) is 4.09. The molecule has 4 unspecified atom stereocenters. The minimum Gasteiger partial charge on any atom is -0.316 e. The van der Waals surface area contributed by atoms with E-state index in [4.69, 9.17) is 5.10 Å². The lowest BCUT2D eigenvalue weighted by Gasteiger charge is -2.27. The monoisotopic (exact) mass is 906 g/mol. The summed E-state index contributed by atoms with van der Waals surface area (Å²) >= 11 is 0. The van der Waals surface area contributed by atoms with Crippen LogP contribution < -0.4 is 16.4 Å². The van der Waals surface area contributed by atoms with Gasteiger partial charge in [-0.15, -0.1) is 0 Å². The largest absolute Gasteiger partial charge is 0.316 e. The minimum atomic E-state index is -2.62. The molecule has 4 atom stereocenters. The highest BCUT2D eigenvalue weighted by Gasteiger charge is 2.39. The van der Waals surface area contributed by atoms with Gasteiger partial charge in [-0.05, 0) is 86.0 Å². The third-order valence-corrected chi connectivity index (χ3v) is 13.3. The molecule has 4 fully saturated rings. The minimum absolute atomic E-state index is 0.0264. The fraction of sp³-hybridized carbons (Fsp3) is 0.500. The number of imidazole rings is 2. The molecule has 0 spiro atoms. The Kier molecular flexibility index (Phi) is 13.4. The Balaban J connectivity index is 0.000000153. The summed E-state index contributed by atoms with van der Waals surface area (Å²) in [5.41, 5.74) is 1.76. The number of nitrogens with zero attached hydrogens (tertiary/aromatic N) is 7. The summed E-state index contributed by atoms with van der Waals surface area (Å²) in [6, 6.07) is 11.9. The molecule has 0 radical (unpaired) electrons. The summed E-state index contributed by atoms with van der Waals surface area (Å²) in [4.78, 5) is 51.9. The van der Waals surface area contributed by atoms with Crippen molar-refractivity contribution in [3.8, 4) is 0 Å². The number of carbonyl (C=O) groups is 1. The van der Waals surface area contributed by atoms with Crippen LogP contribution in [0, 0.1) is 23.5 Å². The first-order valence-corrected chi connectivity index (χ1v) is 22.2. The molecule has 2 saturated heterocycles. The Morgan fingerprint density at radius 1 is 0.662 bits per heavy atom. The molecule has 2 saturated carbocycles. The number of hydrogen-bond donors (Lipinski definition) is 3. The van der Waals surface area contributed by atoms with E-state index in [1.165, 1.54) is 48.8 Å². The third-order valence-electron chi connectivity index (χ3n) is 13.3. The maximum atomic E-state index is 13.6. The molecule has 65 heavy (non-hydrogen) atoms. The van der Waals surface area contributed by atoms with Crippen molar-refractivity contribution in [3.05, 3.63) is 128 Å². The number of fused-ring (bicyclic) bond motifs is 2. The van der Waals surface area contributed by atoms with Crippen LogP contribution in [0.1, 0.15) is 128 Å². The predicted molar refractivity (Wildman–Crippen MR) is 230 cm³/mol. The van der Waals surface area contributed by atoms with Crippen LogP contribution in [-0.4, -0.2) is 88.4 Å². The summed E-state index contributed by atoms with van der Waals surface area (Å²) in [6.07, 6.45) is 4.47. The number of H-pyrrole nitrogens is 2. The van der Waals surface area contributed by atoms with Crippen molar-refractivity contribution < 1.29 is 31.1 Å². The number of rotatable bonds is 7. The van der Waals surface area contributed by atoms with Gasteiger partial charge < -0.3 is 15.3 Å². The van der Waals surface area contributed by atoms with E-state index in [2.05, 4.69) is 49.1 Å². The molecule has 3 N–H and O–H groups in total. The highest BCUT2D eigenvalue weighted by atomic mass is 19.3. The number of aldehydes is 1. The van der Waals surface area contributed by atoms with Crippen molar-refractivity contribution in [2.45, 2.75) is 107 Å². The molecular weight excluding hydrogens is 855 g/mol. The number of aromatic nitrogens is 8. The lowest BCUT2D eigenvalue weighted by Crippen LogP contribution is -2.26. The Bertz CT molecular complexity index is 2700. The number of likely N-dealkylation sites (tertiary alicyclic amines) is 1. The van der Waals surface area contributed by atoms with E-state index in [-0.39, 0.29) is 78.0 Å². The van der Waals surface area contributed by atoms with Gasteiger partial charge in [0.1, 0.15) is 41.2 Å². The molecule has 19 heteroatoms. The molecule has 2 aliphatic heterocycles. The van der Waals surface area contributed by atoms with Crippen LogP contribution in [0.2, 0.25) is 0 Å². The zero-order valence-electron chi connectivity index (χ0n) is 36.1. The van der Waals surface area contributed by atoms with E-state index in [1.54, 1.807) is 21.2 Å². The molecule has 0 bridgehead atoms. The van der Waals surface area contributed by atoms with Crippen LogP contribution in [0.25, 0.3) is 11.0 Å². The standard InChI is InChI=1S/C23H26F3N5O.C16H21F2N5O.C7H5FO/c1-14-11-30(12-15-2-4-17(24)5-3-15)13-18(14)20-28-22(32)19-10-27-21(31(19)29-20)16-6-8-23(25,26)9-7-16;1-9-6-19-7-11(9)13-21-15(24)12-8-20-14(23(12)22-13)10-2-4-16(17,18)5-3-10;8-7-3-1-6(5-9)2-4-7/h2-5,10,14,16,18H,6-9,11-13H2,1H3,(H,28,29,32);8-11,19H,2-7H2,1H3,(H,21,22,24);1-5H. The van der Waals surface area contributed by atoms with Crippen molar-refractivity contribution in [3.63, 3.8) is 0 Å². The molecule has 346 valence electrons. The normalized spacial score (nSPS) is 23.5. The van der Waals surface area contributed by atoms with E-state index in [9.17, 15) is 40.7 Å². The highest BCUT2D eigenvalue weighted by molar-refractivity contribution is 5.74. The lowest BCUT2D eigenvalue weighted by atomic mass is 9.86. The van der Waals surface area contributed by atoms with Crippen LogP contribution in [-0.2, 0) is 6.54 Å². The lowest BCUT2D eigenvalue weighted by molar-refractivity contribution is -0.0394. The SMILES string of the molecule is CC1CN(Cc2ccc(F)cc2)CC1c1nn2c(C3CCC(F)(F)CC3)ncc2c(=O)[nH]1.CC1CNCC1c1nn2c(C3CCC(F)(F)CC3)ncc2c(=O)[nH]1.O=Cc1ccc(F)cc1. The smallest absolute Gasteiger partial charge is 0.276 e. The van der Waals surface area contributed by atoms with Gasteiger partial charge in [0.15, 0.2) is 11.0 Å². The van der Waals surface area contributed by atoms with Gasteiger partial charge in [0.25, 0.3) is 11.1 Å². The van der Waals surface area contributed by atoms with Crippen LogP contribution in [0.4, 0.5) is 26.3 Å². The van der Waals surface area contributed by atoms with Crippen molar-refractivity contribution in [2.24, 2.45) is 11.8 Å². The van der Waals surface area contributed by atoms with Crippen molar-refractivity contribution in [1.82, 2.24) is 49.4 Å². The summed E-state index contributed by atoms with van der Waals surface area (Å²) in [5, 5.41) is 12.6. The third kappa shape index (κ3) is 10.6. The second kappa shape index (κ2) is 19.0. The summed E-state index contributed by atoms with van der Waals surface area (Å²) < 4.78 is 82.4. The highest BCUT2D eigenvalue weighted by Crippen LogP contribution is 2.42. The van der Waals surface area contributed by atoms with Gasteiger partial charge in [0, 0.05) is 81.1 Å². The fourth-order valence-electron chi connectivity index (χ4n) is 9.47. The van der Waals surface area contributed by atoms with Gasteiger partial charge in [-0.2, -0.15) is 10.2 Å². The average molecular weight is 907 g/mol. The Morgan fingerprint density at radius 3 is 1.60 bits per heavy atom. The maximum absolute atomic E-state index is 13.6. The van der Waals surface area contributed by atoms with Gasteiger partial charge in [-0.25, -0.2) is 45.3 Å². The molecule has 2 aliphatic carbocycles. The van der Waals surface area contributed by atoms with Crippen molar-refractivity contribution in [1.29, 1.82) is 0 Å².